The van der Waals surface area contributed by atoms with Gasteiger partial charge in [-0.25, -0.2) is 0 Å². The third kappa shape index (κ3) is 4.97. The summed E-state index contributed by atoms with van der Waals surface area (Å²) in [5, 5.41) is 3.68. The van der Waals surface area contributed by atoms with Crippen molar-refractivity contribution in [3.05, 3.63) is 57.8 Å². The maximum Gasteiger partial charge on any atom is 0.263 e. The molecule has 1 heterocycles. The van der Waals surface area contributed by atoms with Crippen LogP contribution in [0.2, 0.25) is 0 Å². The Morgan fingerprint density at radius 1 is 1.10 bits per heavy atom. The molecule has 1 N–H and O–H groups in total. The highest BCUT2D eigenvalue weighted by Gasteiger charge is 2.26. The maximum atomic E-state index is 13.5. The van der Waals surface area contributed by atoms with Crippen molar-refractivity contribution >= 4 is 45.1 Å². The zero-order chi connectivity index (χ0) is 21.4. The molecule has 1 amide bonds. The Hall–Kier alpha value is -2.39. The van der Waals surface area contributed by atoms with Gasteiger partial charge >= 0.3 is 0 Å². The van der Waals surface area contributed by atoms with Gasteiger partial charge in [0.1, 0.15) is 0 Å². The van der Waals surface area contributed by atoms with Crippen LogP contribution in [-0.2, 0) is 0 Å². The van der Waals surface area contributed by atoms with Crippen molar-refractivity contribution in [1.29, 1.82) is 0 Å². The second-order valence-corrected chi connectivity index (χ2v) is 7.22. The molecule has 0 atom stereocenters. The highest BCUT2D eigenvalue weighted by atomic mass is 127. The van der Waals surface area contributed by atoms with E-state index in [9.17, 15) is 4.79 Å². The lowest BCUT2D eigenvalue weighted by Crippen LogP contribution is -2.32. The number of nitrogens with zero attached hydrogens (tertiary/aromatic N) is 2. The molecule has 0 aliphatic carbocycles. The number of anilines is 1. The molecule has 0 radical (unpaired) electrons. The average molecular weight is 507 g/mol. The molecule has 0 unspecified atom stereocenters. The number of rotatable bonds is 5. The Morgan fingerprint density at radius 3 is 2.41 bits per heavy atom. The van der Waals surface area contributed by atoms with Crippen molar-refractivity contribution in [1.82, 2.24) is 10.3 Å². The van der Waals surface area contributed by atoms with Gasteiger partial charge in [0.25, 0.3) is 5.91 Å². The van der Waals surface area contributed by atoms with Gasteiger partial charge in [0.2, 0.25) is 0 Å². The van der Waals surface area contributed by atoms with E-state index in [1.54, 1.807) is 31.4 Å². The minimum absolute atomic E-state index is 0.135. The Bertz CT molecular complexity index is 973. The molecule has 1 aromatic heterocycles. The van der Waals surface area contributed by atoms with E-state index >= 15 is 0 Å². The van der Waals surface area contributed by atoms with Gasteiger partial charge in [0.05, 0.1) is 31.0 Å². The Balaban J connectivity index is 0.000000941. The smallest absolute Gasteiger partial charge is 0.263 e. The predicted molar refractivity (Wildman–Crippen MR) is 126 cm³/mol. The van der Waals surface area contributed by atoms with Gasteiger partial charge in [-0.1, -0.05) is 18.2 Å². The summed E-state index contributed by atoms with van der Waals surface area (Å²) in [5.74, 6) is 0.845. The molecular weight excluding hydrogens is 481 g/mol. The van der Waals surface area contributed by atoms with Crippen LogP contribution in [0.4, 0.5) is 5.69 Å². The monoisotopic (exact) mass is 507 g/mol. The van der Waals surface area contributed by atoms with E-state index in [1.165, 1.54) is 0 Å². The first-order valence-electron chi connectivity index (χ1n) is 9.18. The molecular formula is C22H26IN3O3. The van der Waals surface area contributed by atoms with Crippen LogP contribution < -0.4 is 19.7 Å². The van der Waals surface area contributed by atoms with E-state index in [0.717, 1.165) is 20.2 Å². The largest absolute Gasteiger partial charge is 0.493 e. The van der Waals surface area contributed by atoms with Crippen LogP contribution in [-0.4, -0.2) is 45.8 Å². The van der Waals surface area contributed by atoms with Gasteiger partial charge in [-0.05, 0) is 67.9 Å². The van der Waals surface area contributed by atoms with Crippen molar-refractivity contribution in [2.24, 2.45) is 0 Å². The normalized spacial score (nSPS) is 10.1. The van der Waals surface area contributed by atoms with E-state index in [-0.39, 0.29) is 5.91 Å². The number of nitrogens with one attached hydrogen (secondary N) is 1. The number of halogens is 1. The summed E-state index contributed by atoms with van der Waals surface area (Å²) in [6.07, 6.45) is 1.72. The summed E-state index contributed by atoms with van der Waals surface area (Å²) in [4.78, 5) is 19.6. The molecule has 0 fully saturated rings. The summed E-state index contributed by atoms with van der Waals surface area (Å²) in [6, 6.07) is 13.3. The fourth-order valence-electron chi connectivity index (χ4n) is 2.98. The number of methoxy groups -OCH3 is 2. The third-order valence-electron chi connectivity index (χ3n) is 4.19. The number of hydrogen-bond donors (Lipinski definition) is 1. The number of aromatic nitrogens is 1. The van der Waals surface area contributed by atoms with Crippen LogP contribution in [0, 0.1) is 3.57 Å². The van der Waals surface area contributed by atoms with Crippen molar-refractivity contribution in [3.63, 3.8) is 0 Å². The van der Waals surface area contributed by atoms with Gasteiger partial charge in [-0.15, -0.1) is 0 Å². The maximum absolute atomic E-state index is 13.5. The topological polar surface area (TPSA) is 63.7 Å². The molecule has 3 rings (SSSR count). The first kappa shape index (κ1) is 22.9. The number of carbonyl (C=O) groups is 1. The molecule has 0 saturated heterocycles. The molecule has 29 heavy (non-hydrogen) atoms. The molecule has 0 spiro atoms. The van der Waals surface area contributed by atoms with Gasteiger partial charge in [0, 0.05) is 21.7 Å². The molecule has 154 valence electrons. The first-order chi connectivity index (χ1) is 14.0. The summed E-state index contributed by atoms with van der Waals surface area (Å²) in [7, 11) is 6.86. The molecule has 0 bridgehead atoms. The number of fused-ring (bicyclic) bond motifs is 1. The lowest BCUT2D eigenvalue weighted by molar-refractivity contribution is 0.0984. The lowest BCUT2D eigenvalue weighted by atomic mass is 10.1. The van der Waals surface area contributed by atoms with Crippen LogP contribution in [0.25, 0.3) is 10.9 Å². The number of ether oxygens (including phenoxy) is 2. The Labute approximate surface area is 185 Å². The van der Waals surface area contributed by atoms with Crippen molar-refractivity contribution in [2.75, 3.05) is 39.8 Å². The third-order valence-corrected chi connectivity index (χ3v) is 5.09. The van der Waals surface area contributed by atoms with E-state index in [2.05, 4.69) is 32.9 Å². The van der Waals surface area contributed by atoms with Crippen molar-refractivity contribution < 1.29 is 14.3 Å². The van der Waals surface area contributed by atoms with E-state index in [0.29, 0.717) is 23.6 Å². The highest BCUT2D eigenvalue weighted by molar-refractivity contribution is 14.1. The molecule has 0 aliphatic rings. The zero-order valence-electron chi connectivity index (χ0n) is 17.3. The Kier molecular flexibility index (Phi) is 8.66. The van der Waals surface area contributed by atoms with Crippen LogP contribution in [0.1, 0.15) is 17.3 Å². The number of pyridine rings is 1. The number of benzene rings is 2. The number of hydrogen-bond acceptors (Lipinski definition) is 5. The summed E-state index contributed by atoms with van der Waals surface area (Å²) >= 11 is 2.15. The number of amides is 1. The predicted octanol–water partition coefficient (Wildman–Crippen LogP) is 4.36. The number of para-hydroxylation sites is 1. The second-order valence-electron chi connectivity index (χ2n) is 6.05. The standard InChI is InChI=1S/C20H19IN2O3.C2H7N/c1-4-23(16-11-12-22-15-8-6-5-7-13(15)16)20(24)18-14(21)9-10-17(25-2)19(18)26-3;1-3-2/h5-12H,4H2,1-3H3;3H,1-2H3. The van der Waals surface area contributed by atoms with Crippen LogP contribution in [0.5, 0.6) is 11.5 Å². The average Bonchev–Trinajstić information content (AvgIpc) is 2.74. The van der Waals surface area contributed by atoms with Gasteiger partial charge in [-0.2, -0.15) is 0 Å². The quantitative estimate of drug-likeness (QED) is 0.521. The molecule has 0 aliphatic heterocycles. The van der Waals surface area contributed by atoms with Gasteiger partial charge in [-0.3, -0.25) is 9.78 Å². The van der Waals surface area contributed by atoms with Crippen molar-refractivity contribution in [2.45, 2.75) is 6.92 Å². The van der Waals surface area contributed by atoms with E-state index < -0.39 is 0 Å². The van der Waals surface area contributed by atoms with Crippen molar-refractivity contribution in [3.8, 4) is 11.5 Å². The van der Waals surface area contributed by atoms with Gasteiger partial charge in [0.15, 0.2) is 11.5 Å². The van der Waals surface area contributed by atoms with Crippen LogP contribution in [0.15, 0.2) is 48.7 Å². The van der Waals surface area contributed by atoms with Crippen LogP contribution in [0.3, 0.4) is 0 Å². The molecule has 6 nitrogen and oxygen atoms in total. The first-order valence-corrected chi connectivity index (χ1v) is 10.3. The fraction of sp³-hybridized carbons (Fsp3) is 0.273. The SMILES string of the molecule is CCN(C(=O)c1c(I)ccc(OC)c1OC)c1ccnc2ccccc12.CNC. The summed E-state index contributed by atoms with van der Waals surface area (Å²) in [6.45, 7) is 2.47. The van der Waals surface area contributed by atoms with E-state index in [1.807, 2.05) is 57.4 Å². The molecule has 0 saturated carbocycles. The second kappa shape index (κ2) is 11.0. The Morgan fingerprint density at radius 2 is 1.79 bits per heavy atom. The minimum Gasteiger partial charge on any atom is -0.493 e. The number of carbonyl (C=O) groups excluding carboxylic acids is 1. The zero-order valence-corrected chi connectivity index (χ0v) is 19.5. The fourth-order valence-corrected chi connectivity index (χ4v) is 3.63. The van der Waals surface area contributed by atoms with Crippen LogP contribution >= 0.6 is 22.6 Å². The van der Waals surface area contributed by atoms with Gasteiger partial charge < -0.3 is 19.7 Å². The van der Waals surface area contributed by atoms with E-state index in [4.69, 9.17) is 9.47 Å². The summed E-state index contributed by atoms with van der Waals surface area (Å²) < 4.78 is 11.7. The summed E-state index contributed by atoms with van der Waals surface area (Å²) in [5.41, 5.74) is 2.17. The molecule has 2 aromatic carbocycles. The lowest BCUT2D eigenvalue weighted by Gasteiger charge is -2.24. The highest BCUT2D eigenvalue weighted by Crippen LogP contribution is 2.36. The molecule has 7 heteroatoms. The minimum atomic E-state index is -0.135. The molecule has 3 aromatic rings.